The van der Waals surface area contributed by atoms with Crippen molar-refractivity contribution in [2.45, 2.75) is 33.4 Å². The fourth-order valence-corrected chi connectivity index (χ4v) is 1.68. The molecule has 0 fully saturated rings. The second kappa shape index (κ2) is 5.18. The highest BCUT2D eigenvalue weighted by molar-refractivity contribution is 5.38. The van der Waals surface area contributed by atoms with Crippen molar-refractivity contribution in [1.29, 1.82) is 0 Å². The van der Waals surface area contributed by atoms with Crippen molar-refractivity contribution in [3.8, 4) is 5.75 Å². The average molecular weight is 247 g/mol. The van der Waals surface area contributed by atoms with E-state index in [9.17, 15) is 0 Å². The molecule has 0 aliphatic rings. The maximum atomic E-state index is 5.91. The monoisotopic (exact) mass is 247 g/mol. The molecule has 0 radical (unpaired) electrons. The van der Waals surface area contributed by atoms with Gasteiger partial charge in [-0.3, -0.25) is 0 Å². The first kappa shape index (κ1) is 12.6. The van der Waals surface area contributed by atoms with Crippen LogP contribution < -0.4 is 10.5 Å². The minimum Gasteiger partial charge on any atom is -0.483 e. The summed E-state index contributed by atoms with van der Waals surface area (Å²) in [6.07, 6.45) is 0. The first-order valence-corrected chi connectivity index (χ1v) is 5.84. The van der Waals surface area contributed by atoms with Gasteiger partial charge in [-0.05, 0) is 25.5 Å². The lowest BCUT2D eigenvalue weighted by atomic mass is 10.1. The summed E-state index contributed by atoms with van der Waals surface area (Å²) in [6.45, 7) is 5.93. The number of hydrogen-bond acceptors (Lipinski definition) is 5. The van der Waals surface area contributed by atoms with Gasteiger partial charge in [0.1, 0.15) is 5.75 Å². The molecule has 1 atom stereocenters. The fraction of sp³-hybridized carbons (Fsp3) is 0.385. The summed E-state index contributed by atoms with van der Waals surface area (Å²) in [5.74, 6) is 1.76. The quantitative estimate of drug-likeness (QED) is 0.897. The van der Waals surface area contributed by atoms with Gasteiger partial charge in [-0.25, -0.2) is 0 Å². The molecule has 0 unspecified atom stereocenters. The van der Waals surface area contributed by atoms with Crippen molar-refractivity contribution in [2.24, 2.45) is 5.73 Å². The van der Waals surface area contributed by atoms with E-state index in [-0.39, 0.29) is 12.6 Å². The molecule has 0 bridgehead atoms. The van der Waals surface area contributed by atoms with E-state index < -0.39 is 0 Å². The van der Waals surface area contributed by atoms with Gasteiger partial charge in [-0.15, -0.1) is 10.2 Å². The van der Waals surface area contributed by atoms with Gasteiger partial charge in [0.05, 0.1) is 0 Å². The third-order valence-electron chi connectivity index (χ3n) is 2.58. The zero-order chi connectivity index (χ0) is 13.1. The van der Waals surface area contributed by atoms with Crippen molar-refractivity contribution in [2.75, 3.05) is 0 Å². The number of nitrogens with two attached hydrogens (primary N) is 1. The molecule has 0 spiro atoms. The Kier molecular flexibility index (Phi) is 3.62. The van der Waals surface area contributed by atoms with Crippen molar-refractivity contribution < 1.29 is 9.15 Å². The number of hydrogen-bond donors (Lipinski definition) is 1. The Bertz CT molecular complexity index is 535. The Morgan fingerprint density at radius 2 is 2.11 bits per heavy atom. The van der Waals surface area contributed by atoms with Gasteiger partial charge in [0.25, 0.3) is 5.89 Å². The van der Waals surface area contributed by atoms with Crippen LogP contribution in [0.5, 0.6) is 5.75 Å². The standard InChI is InChI=1S/C13H17N3O2/c1-8-4-5-11(9(2)14)12(6-8)17-7-13-16-15-10(3)18-13/h4-6,9H,7,14H2,1-3H3/t9-/m1/s1. The third-order valence-corrected chi connectivity index (χ3v) is 2.58. The largest absolute Gasteiger partial charge is 0.483 e. The minimum absolute atomic E-state index is 0.0787. The van der Waals surface area contributed by atoms with Crippen LogP contribution in [-0.2, 0) is 6.61 Å². The molecule has 0 saturated heterocycles. The lowest BCUT2D eigenvalue weighted by Gasteiger charge is -2.13. The zero-order valence-electron chi connectivity index (χ0n) is 10.8. The van der Waals surface area contributed by atoms with Gasteiger partial charge in [0, 0.05) is 18.5 Å². The van der Waals surface area contributed by atoms with E-state index in [1.54, 1.807) is 6.92 Å². The molecule has 0 saturated carbocycles. The average Bonchev–Trinajstić information content (AvgIpc) is 2.72. The maximum Gasteiger partial charge on any atom is 0.253 e. The number of aromatic nitrogens is 2. The van der Waals surface area contributed by atoms with Crippen LogP contribution in [0.2, 0.25) is 0 Å². The molecule has 96 valence electrons. The molecular weight excluding hydrogens is 230 g/mol. The van der Waals surface area contributed by atoms with Crippen molar-refractivity contribution in [3.63, 3.8) is 0 Å². The summed E-state index contributed by atoms with van der Waals surface area (Å²) >= 11 is 0. The highest BCUT2D eigenvalue weighted by Crippen LogP contribution is 2.25. The van der Waals surface area contributed by atoms with Gasteiger partial charge in [-0.1, -0.05) is 12.1 Å². The summed E-state index contributed by atoms with van der Waals surface area (Å²) in [5, 5.41) is 7.64. The molecule has 5 heteroatoms. The summed E-state index contributed by atoms with van der Waals surface area (Å²) in [5.41, 5.74) is 8.00. The first-order valence-electron chi connectivity index (χ1n) is 5.84. The van der Waals surface area contributed by atoms with Crippen molar-refractivity contribution >= 4 is 0 Å². The molecule has 18 heavy (non-hydrogen) atoms. The van der Waals surface area contributed by atoms with Crippen LogP contribution in [0.3, 0.4) is 0 Å². The summed E-state index contributed by atoms with van der Waals surface area (Å²) in [6, 6.07) is 5.88. The predicted octanol–water partition coefficient (Wildman–Crippen LogP) is 2.29. The second-order valence-corrected chi connectivity index (χ2v) is 4.33. The second-order valence-electron chi connectivity index (χ2n) is 4.33. The molecule has 0 amide bonds. The highest BCUT2D eigenvalue weighted by Gasteiger charge is 2.10. The van der Waals surface area contributed by atoms with E-state index in [0.29, 0.717) is 11.8 Å². The Labute approximate surface area is 106 Å². The number of rotatable bonds is 4. The van der Waals surface area contributed by atoms with Crippen LogP contribution in [0, 0.1) is 13.8 Å². The summed E-state index contributed by atoms with van der Waals surface area (Å²) in [7, 11) is 0. The lowest BCUT2D eigenvalue weighted by molar-refractivity contribution is 0.257. The molecule has 0 aliphatic carbocycles. The molecule has 1 heterocycles. The summed E-state index contributed by atoms with van der Waals surface area (Å²) < 4.78 is 11.0. The number of nitrogens with zero attached hydrogens (tertiary/aromatic N) is 2. The zero-order valence-corrected chi connectivity index (χ0v) is 10.8. The first-order chi connectivity index (χ1) is 8.56. The number of benzene rings is 1. The Balaban J connectivity index is 2.15. The van der Waals surface area contributed by atoms with Crippen molar-refractivity contribution in [1.82, 2.24) is 10.2 Å². The van der Waals surface area contributed by atoms with Crippen LogP contribution >= 0.6 is 0 Å². The molecule has 0 aliphatic heterocycles. The topological polar surface area (TPSA) is 74.2 Å². The van der Waals surface area contributed by atoms with E-state index in [1.807, 2.05) is 32.0 Å². The number of ether oxygens (including phenoxy) is 1. The molecular formula is C13H17N3O2. The minimum atomic E-state index is -0.0787. The Morgan fingerprint density at radius 1 is 1.33 bits per heavy atom. The fourth-order valence-electron chi connectivity index (χ4n) is 1.68. The Hall–Kier alpha value is -1.88. The predicted molar refractivity (Wildman–Crippen MR) is 67.1 cm³/mol. The molecule has 1 aromatic heterocycles. The molecule has 2 aromatic rings. The van der Waals surface area contributed by atoms with E-state index in [1.165, 1.54) is 0 Å². The van der Waals surface area contributed by atoms with Crippen molar-refractivity contribution in [3.05, 3.63) is 41.1 Å². The molecule has 1 aromatic carbocycles. The van der Waals surface area contributed by atoms with Gasteiger partial charge >= 0.3 is 0 Å². The van der Waals surface area contributed by atoms with Crippen LogP contribution in [0.4, 0.5) is 0 Å². The van der Waals surface area contributed by atoms with Crippen LogP contribution in [-0.4, -0.2) is 10.2 Å². The molecule has 2 N–H and O–H groups in total. The highest BCUT2D eigenvalue weighted by atomic mass is 16.5. The van der Waals surface area contributed by atoms with E-state index in [4.69, 9.17) is 14.9 Å². The van der Waals surface area contributed by atoms with Gasteiger partial charge in [-0.2, -0.15) is 0 Å². The van der Waals surface area contributed by atoms with Crippen LogP contribution in [0.25, 0.3) is 0 Å². The maximum absolute atomic E-state index is 5.91. The van der Waals surface area contributed by atoms with E-state index in [2.05, 4.69) is 10.2 Å². The van der Waals surface area contributed by atoms with Gasteiger partial charge in [0.2, 0.25) is 5.89 Å². The van der Waals surface area contributed by atoms with E-state index in [0.717, 1.165) is 16.9 Å². The third kappa shape index (κ3) is 2.87. The molecule has 5 nitrogen and oxygen atoms in total. The molecule has 2 rings (SSSR count). The van der Waals surface area contributed by atoms with Crippen LogP contribution in [0.1, 0.15) is 35.9 Å². The van der Waals surface area contributed by atoms with Crippen LogP contribution in [0.15, 0.2) is 22.6 Å². The summed E-state index contributed by atoms with van der Waals surface area (Å²) in [4.78, 5) is 0. The lowest BCUT2D eigenvalue weighted by Crippen LogP contribution is -2.08. The number of aryl methyl sites for hydroxylation is 2. The van der Waals surface area contributed by atoms with Gasteiger partial charge < -0.3 is 14.9 Å². The Morgan fingerprint density at radius 3 is 2.72 bits per heavy atom. The normalized spacial score (nSPS) is 12.4. The van der Waals surface area contributed by atoms with Gasteiger partial charge in [0.15, 0.2) is 6.61 Å². The van der Waals surface area contributed by atoms with E-state index >= 15 is 0 Å². The smallest absolute Gasteiger partial charge is 0.253 e. The SMILES string of the molecule is Cc1ccc([C@@H](C)N)c(OCc2nnc(C)o2)c1.